The predicted octanol–water partition coefficient (Wildman–Crippen LogP) is 2.10. The van der Waals surface area contributed by atoms with Crippen LogP contribution in [0.25, 0.3) is 17.0 Å². The van der Waals surface area contributed by atoms with E-state index < -0.39 is 10.0 Å². The summed E-state index contributed by atoms with van der Waals surface area (Å²) in [5.74, 6) is 0.367. The molecular formula is C21H19N9O2S. The number of nitrogens with one attached hydrogen (secondary N) is 2. The molecule has 0 aliphatic rings. The number of benzene rings is 1. The Hall–Kier alpha value is -4.16. The van der Waals surface area contributed by atoms with E-state index in [2.05, 4.69) is 35.2 Å². The minimum Gasteiger partial charge on any atom is -0.324 e. The van der Waals surface area contributed by atoms with E-state index >= 15 is 0 Å². The zero-order valence-corrected chi connectivity index (χ0v) is 18.1. The fourth-order valence-corrected chi connectivity index (χ4v) is 4.24. The second-order valence-electron chi connectivity index (χ2n) is 7.02. The standard InChI is InChI=1S/C21H19N9O2S/c31-33(32,26-12-14-29-13-2-10-24-29)17-6-4-16(5-7-17)27-21-22-11-8-18(28-21)19-15-23-20-3-1-9-25-30(19)20/h1-11,13,15,26H,12,14H2,(H,22,27,28). The number of nitrogens with zero attached hydrogens (tertiary/aromatic N) is 7. The summed E-state index contributed by atoms with van der Waals surface area (Å²) in [5.41, 5.74) is 2.76. The first kappa shape index (κ1) is 20.7. The van der Waals surface area contributed by atoms with E-state index in [-0.39, 0.29) is 11.4 Å². The van der Waals surface area contributed by atoms with Gasteiger partial charge in [0.2, 0.25) is 16.0 Å². The average Bonchev–Trinajstić information content (AvgIpc) is 3.50. The fourth-order valence-electron chi connectivity index (χ4n) is 3.22. The quantitative estimate of drug-likeness (QED) is 0.359. The molecule has 0 fully saturated rings. The minimum absolute atomic E-state index is 0.167. The number of fused-ring (bicyclic) bond motifs is 1. The second-order valence-corrected chi connectivity index (χ2v) is 8.79. The number of hydrogen-bond acceptors (Lipinski definition) is 8. The van der Waals surface area contributed by atoms with Gasteiger partial charge >= 0.3 is 0 Å². The Bertz CT molecular complexity index is 1480. The number of aromatic nitrogens is 7. The second kappa shape index (κ2) is 8.76. The summed E-state index contributed by atoms with van der Waals surface area (Å²) in [6.07, 6.45) is 8.44. The smallest absolute Gasteiger partial charge is 0.240 e. The van der Waals surface area contributed by atoms with Gasteiger partial charge in [-0.25, -0.2) is 32.6 Å². The molecule has 0 aliphatic heterocycles. The van der Waals surface area contributed by atoms with Crippen LogP contribution < -0.4 is 10.0 Å². The highest BCUT2D eigenvalue weighted by Gasteiger charge is 2.14. The third-order valence-electron chi connectivity index (χ3n) is 4.81. The number of hydrogen-bond donors (Lipinski definition) is 2. The van der Waals surface area contributed by atoms with E-state index in [1.165, 1.54) is 12.1 Å². The third kappa shape index (κ3) is 4.56. The molecule has 5 rings (SSSR count). The summed E-state index contributed by atoms with van der Waals surface area (Å²) in [7, 11) is -3.63. The molecular weight excluding hydrogens is 442 g/mol. The van der Waals surface area contributed by atoms with Crippen molar-refractivity contribution in [3.8, 4) is 11.4 Å². The van der Waals surface area contributed by atoms with Gasteiger partial charge in [-0.15, -0.1) is 0 Å². The molecule has 4 heterocycles. The molecule has 2 N–H and O–H groups in total. The molecule has 4 aromatic heterocycles. The molecule has 0 atom stereocenters. The molecule has 0 spiro atoms. The van der Waals surface area contributed by atoms with E-state index in [4.69, 9.17) is 0 Å². The first-order chi connectivity index (χ1) is 16.1. The van der Waals surface area contributed by atoms with Crippen molar-refractivity contribution in [1.82, 2.24) is 39.1 Å². The van der Waals surface area contributed by atoms with Crippen LogP contribution in [0.3, 0.4) is 0 Å². The molecule has 0 bridgehead atoms. The van der Waals surface area contributed by atoms with Crippen LogP contribution in [0.4, 0.5) is 11.6 Å². The van der Waals surface area contributed by atoms with Gasteiger partial charge in [0.1, 0.15) is 5.69 Å². The van der Waals surface area contributed by atoms with Gasteiger partial charge in [-0.1, -0.05) is 0 Å². The van der Waals surface area contributed by atoms with Crippen molar-refractivity contribution in [3.05, 3.63) is 79.5 Å². The summed E-state index contributed by atoms with van der Waals surface area (Å²) in [5, 5.41) is 11.5. The van der Waals surface area contributed by atoms with Crippen LogP contribution in [0.5, 0.6) is 0 Å². The van der Waals surface area contributed by atoms with Gasteiger partial charge in [-0.2, -0.15) is 10.2 Å². The summed E-state index contributed by atoms with van der Waals surface area (Å²) < 4.78 is 31.0. The number of sulfonamides is 1. The predicted molar refractivity (Wildman–Crippen MR) is 121 cm³/mol. The Morgan fingerprint density at radius 1 is 0.909 bits per heavy atom. The first-order valence-corrected chi connectivity index (χ1v) is 11.5. The molecule has 0 saturated heterocycles. The van der Waals surface area contributed by atoms with Crippen LogP contribution in [0.2, 0.25) is 0 Å². The summed E-state index contributed by atoms with van der Waals surface area (Å²) in [6.45, 7) is 0.685. The maximum Gasteiger partial charge on any atom is 0.240 e. The Morgan fingerprint density at radius 3 is 2.58 bits per heavy atom. The van der Waals surface area contributed by atoms with Gasteiger partial charge in [-0.05, 0) is 48.5 Å². The minimum atomic E-state index is -3.63. The van der Waals surface area contributed by atoms with E-state index in [0.717, 1.165) is 11.3 Å². The normalized spacial score (nSPS) is 11.6. The SMILES string of the molecule is O=S(=O)(NCCn1cccn1)c1ccc(Nc2nccc(-c3cnc4cccnn34)n2)cc1. The van der Waals surface area contributed by atoms with Gasteiger partial charge in [-0.3, -0.25) is 4.68 Å². The van der Waals surface area contributed by atoms with Crippen molar-refractivity contribution in [1.29, 1.82) is 0 Å². The number of rotatable bonds is 8. The highest BCUT2D eigenvalue weighted by Crippen LogP contribution is 2.21. The van der Waals surface area contributed by atoms with Gasteiger partial charge < -0.3 is 5.32 Å². The summed E-state index contributed by atoms with van der Waals surface area (Å²) >= 11 is 0. The van der Waals surface area contributed by atoms with Gasteiger partial charge in [0.15, 0.2) is 5.65 Å². The van der Waals surface area contributed by atoms with Gasteiger partial charge in [0, 0.05) is 37.0 Å². The van der Waals surface area contributed by atoms with Crippen LogP contribution >= 0.6 is 0 Å². The molecule has 0 aliphatic carbocycles. The van der Waals surface area contributed by atoms with Gasteiger partial charge in [0.05, 0.1) is 23.3 Å². The first-order valence-electron chi connectivity index (χ1n) is 10.0. The lowest BCUT2D eigenvalue weighted by Gasteiger charge is -2.09. The largest absolute Gasteiger partial charge is 0.324 e. The van der Waals surface area contributed by atoms with E-state index in [9.17, 15) is 8.42 Å². The molecule has 11 nitrogen and oxygen atoms in total. The van der Waals surface area contributed by atoms with Gasteiger partial charge in [0.25, 0.3) is 0 Å². The van der Waals surface area contributed by atoms with Crippen LogP contribution in [0.1, 0.15) is 0 Å². The zero-order valence-electron chi connectivity index (χ0n) is 17.3. The van der Waals surface area contributed by atoms with Crippen LogP contribution in [-0.2, 0) is 16.6 Å². The molecule has 0 radical (unpaired) electrons. The number of imidazole rings is 1. The van der Waals surface area contributed by atoms with Crippen LogP contribution in [-0.4, -0.2) is 49.3 Å². The topological polar surface area (TPSA) is 132 Å². The molecule has 5 aromatic rings. The van der Waals surface area contributed by atoms with Crippen molar-refractivity contribution < 1.29 is 8.42 Å². The van der Waals surface area contributed by atoms with E-state index in [0.29, 0.717) is 23.9 Å². The van der Waals surface area contributed by atoms with Crippen molar-refractivity contribution in [2.75, 3.05) is 11.9 Å². The maximum absolute atomic E-state index is 12.5. The monoisotopic (exact) mass is 461 g/mol. The number of anilines is 2. The molecule has 166 valence electrons. The summed E-state index contributed by atoms with van der Waals surface area (Å²) in [6, 6.07) is 13.6. The molecule has 1 aromatic carbocycles. The van der Waals surface area contributed by atoms with Crippen LogP contribution in [0, 0.1) is 0 Å². The molecule has 0 saturated carbocycles. The highest BCUT2D eigenvalue weighted by molar-refractivity contribution is 7.89. The zero-order chi connectivity index (χ0) is 22.7. The Balaban J connectivity index is 1.28. The van der Waals surface area contributed by atoms with E-state index in [1.54, 1.807) is 64.4 Å². The third-order valence-corrected chi connectivity index (χ3v) is 6.29. The fraction of sp³-hybridized carbons (Fsp3) is 0.0952. The highest BCUT2D eigenvalue weighted by atomic mass is 32.2. The lowest BCUT2D eigenvalue weighted by atomic mass is 10.3. The van der Waals surface area contributed by atoms with E-state index in [1.807, 2.05) is 12.1 Å². The maximum atomic E-state index is 12.5. The molecule has 0 unspecified atom stereocenters. The Labute approximate surface area is 189 Å². The summed E-state index contributed by atoms with van der Waals surface area (Å²) in [4.78, 5) is 13.3. The molecule has 33 heavy (non-hydrogen) atoms. The molecule has 0 amide bonds. The van der Waals surface area contributed by atoms with Crippen molar-refractivity contribution in [2.45, 2.75) is 11.4 Å². The molecule has 12 heteroatoms. The van der Waals surface area contributed by atoms with Crippen molar-refractivity contribution in [3.63, 3.8) is 0 Å². The Morgan fingerprint density at radius 2 is 1.76 bits per heavy atom. The average molecular weight is 462 g/mol. The Kier molecular flexibility index (Phi) is 5.50. The lowest BCUT2D eigenvalue weighted by molar-refractivity contribution is 0.561. The lowest BCUT2D eigenvalue weighted by Crippen LogP contribution is -2.27. The van der Waals surface area contributed by atoms with Crippen molar-refractivity contribution in [2.24, 2.45) is 0 Å². The van der Waals surface area contributed by atoms with Crippen molar-refractivity contribution >= 4 is 27.3 Å². The van der Waals surface area contributed by atoms with Crippen LogP contribution in [0.15, 0.2) is 84.4 Å².